The standard InChI is InChI=1S/C24H28ClN7O/c1-3-20(15(2)33)29-24-30-22(27-12-17-11-18(25)9-10-19(17)26)21-23(31-24)32(14-28-21)13-16-7-5-4-6-8-16/h4-11,14-15,20,33H,3,12-13,26H2,1-2H3,(H2,27,29,30,31). The Morgan fingerprint density at radius 2 is 1.94 bits per heavy atom. The number of benzene rings is 2. The number of halogens is 1. The highest BCUT2D eigenvalue weighted by Gasteiger charge is 2.18. The molecule has 0 saturated heterocycles. The summed E-state index contributed by atoms with van der Waals surface area (Å²) < 4.78 is 1.99. The van der Waals surface area contributed by atoms with Gasteiger partial charge in [-0.1, -0.05) is 48.9 Å². The Balaban J connectivity index is 1.71. The Kier molecular flexibility index (Phi) is 6.96. The van der Waals surface area contributed by atoms with E-state index in [4.69, 9.17) is 22.3 Å². The molecular formula is C24H28ClN7O. The molecule has 0 aliphatic carbocycles. The third-order valence-electron chi connectivity index (χ3n) is 5.55. The molecule has 33 heavy (non-hydrogen) atoms. The van der Waals surface area contributed by atoms with Crippen LogP contribution in [-0.4, -0.2) is 36.8 Å². The molecule has 4 rings (SSSR count). The minimum atomic E-state index is -0.550. The van der Waals surface area contributed by atoms with E-state index in [1.54, 1.807) is 25.4 Å². The normalized spacial score (nSPS) is 13.1. The van der Waals surface area contributed by atoms with E-state index in [2.05, 4.69) is 32.7 Å². The Hall–Kier alpha value is -3.36. The van der Waals surface area contributed by atoms with Gasteiger partial charge >= 0.3 is 0 Å². The average molecular weight is 466 g/mol. The van der Waals surface area contributed by atoms with Crippen molar-refractivity contribution in [3.8, 4) is 0 Å². The van der Waals surface area contributed by atoms with Crippen molar-refractivity contribution in [2.75, 3.05) is 16.4 Å². The van der Waals surface area contributed by atoms with Crippen molar-refractivity contribution in [3.63, 3.8) is 0 Å². The van der Waals surface area contributed by atoms with Crippen molar-refractivity contribution >= 4 is 40.2 Å². The minimum absolute atomic E-state index is 0.177. The van der Waals surface area contributed by atoms with Crippen LogP contribution in [0, 0.1) is 0 Å². The van der Waals surface area contributed by atoms with Gasteiger partial charge in [0.2, 0.25) is 5.95 Å². The molecule has 0 fully saturated rings. The van der Waals surface area contributed by atoms with Crippen LogP contribution < -0.4 is 16.4 Å². The highest BCUT2D eigenvalue weighted by Crippen LogP contribution is 2.25. The van der Waals surface area contributed by atoms with E-state index in [0.717, 1.165) is 17.5 Å². The molecule has 0 saturated carbocycles. The Labute approximate surface area is 197 Å². The van der Waals surface area contributed by atoms with Gasteiger partial charge < -0.3 is 26.0 Å². The Morgan fingerprint density at radius 3 is 2.67 bits per heavy atom. The number of aromatic nitrogens is 4. The molecule has 0 spiro atoms. The number of aliphatic hydroxyl groups is 1. The molecule has 2 aromatic carbocycles. The molecular weight excluding hydrogens is 438 g/mol. The van der Waals surface area contributed by atoms with Crippen molar-refractivity contribution < 1.29 is 5.11 Å². The third-order valence-corrected chi connectivity index (χ3v) is 5.78. The van der Waals surface area contributed by atoms with Gasteiger partial charge in [-0.2, -0.15) is 9.97 Å². The Morgan fingerprint density at radius 1 is 1.15 bits per heavy atom. The second kappa shape index (κ2) is 10.1. The summed E-state index contributed by atoms with van der Waals surface area (Å²) in [6.07, 6.45) is 1.94. The molecule has 0 aliphatic heterocycles. The summed E-state index contributed by atoms with van der Waals surface area (Å²) >= 11 is 6.14. The van der Waals surface area contributed by atoms with Gasteiger partial charge in [0.25, 0.3) is 0 Å². The molecule has 9 heteroatoms. The lowest BCUT2D eigenvalue weighted by Crippen LogP contribution is -2.31. The van der Waals surface area contributed by atoms with Gasteiger partial charge in [-0.25, -0.2) is 4.98 Å². The number of nitrogens with zero attached hydrogens (tertiary/aromatic N) is 4. The minimum Gasteiger partial charge on any atom is -0.398 e. The predicted octanol–water partition coefficient (Wildman–Crippen LogP) is 4.29. The first-order chi connectivity index (χ1) is 15.9. The van der Waals surface area contributed by atoms with E-state index >= 15 is 0 Å². The zero-order valence-electron chi connectivity index (χ0n) is 18.7. The van der Waals surface area contributed by atoms with Crippen LogP contribution in [0.4, 0.5) is 17.5 Å². The summed E-state index contributed by atoms with van der Waals surface area (Å²) in [4.78, 5) is 14.0. The molecule has 0 amide bonds. The molecule has 0 bridgehead atoms. The lowest BCUT2D eigenvalue weighted by Gasteiger charge is -2.20. The van der Waals surface area contributed by atoms with Crippen LogP contribution in [0.25, 0.3) is 11.2 Å². The number of nitrogens with two attached hydrogens (primary N) is 1. The molecule has 0 radical (unpaired) electrons. The fraction of sp³-hybridized carbons (Fsp3) is 0.292. The highest BCUT2D eigenvalue weighted by molar-refractivity contribution is 6.30. The van der Waals surface area contributed by atoms with Crippen molar-refractivity contribution in [2.24, 2.45) is 0 Å². The van der Waals surface area contributed by atoms with E-state index in [9.17, 15) is 5.11 Å². The number of hydrogen-bond donors (Lipinski definition) is 4. The van der Waals surface area contributed by atoms with Gasteiger partial charge in [-0.05, 0) is 42.7 Å². The van der Waals surface area contributed by atoms with Crippen molar-refractivity contribution in [1.82, 2.24) is 19.5 Å². The summed E-state index contributed by atoms with van der Waals surface area (Å²) in [5.41, 5.74) is 10.1. The third kappa shape index (κ3) is 5.35. The summed E-state index contributed by atoms with van der Waals surface area (Å²) in [5.74, 6) is 1.00. The van der Waals surface area contributed by atoms with E-state index in [1.807, 2.05) is 35.8 Å². The first-order valence-corrected chi connectivity index (χ1v) is 11.3. The number of imidazole rings is 1. The fourth-order valence-electron chi connectivity index (χ4n) is 3.66. The molecule has 5 N–H and O–H groups in total. The second-order valence-electron chi connectivity index (χ2n) is 8.02. The van der Waals surface area contributed by atoms with E-state index in [-0.39, 0.29) is 6.04 Å². The van der Waals surface area contributed by atoms with Crippen LogP contribution in [0.15, 0.2) is 54.9 Å². The van der Waals surface area contributed by atoms with Crippen LogP contribution in [0.2, 0.25) is 5.02 Å². The first kappa shape index (κ1) is 22.8. The zero-order chi connectivity index (χ0) is 23.4. The monoisotopic (exact) mass is 465 g/mol. The summed E-state index contributed by atoms with van der Waals surface area (Å²) in [6, 6.07) is 15.3. The quantitative estimate of drug-likeness (QED) is 0.272. The number of fused-ring (bicyclic) bond motifs is 1. The highest BCUT2D eigenvalue weighted by atomic mass is 35.5. The maximum absolute atomic E-state index is 10.1. The number of aliphatic hydroxyl groups excluding tert-OH is 1. The number of nitrogen functional groups attached to an aromatic ring is 1. The molecule has 172 valence electrons. The second-order valence-corrected chi connectivity index (χ2v) is 8.46. The van der Waals surface area contributed by atoms with Gasteiger partial charge in [0.05, 0.1) is 25.0 Å². The molecule has 2 unspecified atom stereocenters. The summed E-state index contributed by atoms with van der Waals surface area (Å²) in [5, 5.41) is 17.3. The topological polar surface area (TPSA) is 114 Å². The van der Waals surface area contributed by atoms with E-state index < -0.39 is 6.10 Å². The summed E-state index contributed by atoms with van der Waals surface area (Å²) in [7, 11) is 0. The van der Waals surface area contributed by atoms with Crippen molar-refractivity contribution in [2.45, 2.75) is 45.5 Å². The van der Waals surface area contributed by atoms with Crippen LogP contribution in [-0.2, 0) is 13.1 Å². The molecule has 2 aromatic heterocycles. The molecule has 8 nitrogen and oxygen atoms in total. The average Bonchev–Trinajstić information content (AvgIpc) is 3.21. The van der Waals surface area contributed by atoms with Gasteiger partial charge in [0.1, 0.15) is 0 Å². The maximum atomic E-state index is 10.1. The number of hydrogen-bond acceptors (Lipinski definition) is 7. The zero-order valence-corrected chi connectivity index (χ0v) is 19.4. The van der Waals surface area contributed by atoms with Crippen molar-refractivity contribution in [1.29, 1.82) is 0 Å². The van der Waals surface area contributed by atoms with Crippen LogP contribution in [0.5, 0.6) is 0 Å². The fourth-order valence-corrected chi connectivity index (χ4v) is 3.86. The van der Waals surface area contributed by atoms with E-state index in [0.29, 0.717) is 46.7 Å². The van der Waals surface area contributed by atoms with E-state index in [1.165, 1.54) is 0 Å². The lowest BCUT2D eigenvalue weighted by atomic mass is 10.1. The lowest BCUT2D eigenvalue weighted by molar-refractivity contribution is 0.169. The number of anilines is 3. The molecule has 0 aliphatic rings. The van der Waals surface area contributed by atoms with Gasteiger partial charge in [0.15, 0.2) is 17.0 Å². The molecule has 4 aromatic rings. The van der Waals surface area contributed by atoms with Crippen LogP contribution in [0.3, 0.4) is 0 Å². The predicted molar refractivity (Wildman–Crippen MR) is 133 cm³/mol. The van der Waals surface area contributed by atoms with Gasteiger partial charge in [0, 0.05) is 17.3 Å². The largest absolute Gasteiger partial charge is 0.398 e. The Bertz CT molecular complexity index is 1230. The first-order valence-electron chi connectivity index (χ1n) is 10.9. The molecule has 2 heterocycles. The SMILES string of the molecule is CCC(Nc1nc(NCc2cc(Cl)ccc2N)c2ncn(Cc3ccccc3)c2n1)C(C)O. The summed E-state index contributed by atoms with van der Waals surface area (Å²) in [6.45, 7) is 4.81. The van der Waals surface area contributed by atoms with Gasteiger partial charge in [-0.15, -0.1) is 0 Å². The smallest absolute Gasteiger partial charge is 0.227 e. The van der Waals surface area contributed by atoms with Crippen LogP contribution in [0.1, 0.15) is 31.4 Å². The number of nitrogens with one attached hydrogen (secondary N) is 2. The van der Waals surface area contributed by atoms with Gasteiger partial charge in [-0.3, -0.25) is 0 Å². The maximum Gasteiger partial charge on any atom is 0.227 e. The van der Waals surface area contributed by atoms with Crippen molar-refractivity contribution in [3.05, 3.63) is 71.0 Å². The molecule has 2 atom stereocenters. The van der Waals surface area contributed by atoms with Crippen LogP contribution >= 0.6 is 11.6 Å². The number of rotatable bonds is 9.